The number of hydrogen-bond donors (Lipinski definition) is 0. The summed E-state index contributed by atoms with van der Waals surface area (Å²) in [6.45, 7) is 10.7. The summed E-state index contributed by atoms with van der Waals surface area (Å²) in [4.78, 5) is 2.47. The van der Waals surface area contributed by atoms with Gasteiger partial charge in [0.1, 0.15) is 0 Å². The van der Waals surface area contributed by atoms with Gasteiger partial charge in [-0.1, -0.05) is 20.8 Å². The Bertz CT molecular complexity index is 212. The van der Waals surface area contributed by atoms with Gasteiger partial charge in [-0.05, 0) is 5.41 Å². The third kappa shape index (κ3) is 1.38. The lowest BCUT2D eigenvalue weighted by Crippen LogP contribution is -2.73. The molecule has 0 amide bonds. The minimum absolute atomic E-state index is 0.0581. The lowest BCUT2D eigenvalue weighted by Gasteiger charge is -2.59. The topological polar surface area (TPSA) is 21.7 Å². The Labute approximate surface area is 86.4 Å². The van der Waals surface area contributed by atoms with Crippen molar-refractivity contribution in [2.24, 2.45) is 5.41 Å². The van der Waals surface area contributed by atoms with Crippen molar-refractivity contribution in [3.05, 3.63) is 0 Å². The second-order valence-electron chi connectivity index (χ2n) is 5.54. The number of likely N-dealkylation sites (tertiary alicyclic amines) is 1. The predicted molar refractivity (Wildman–Crippen MR) is 55.4 cm³/mol. The van der Waals surface area contributed by atoms with Crippen LogP contribution in [0.25, 0.3) is 0 Å². The molecule has 0 aromatic rings. The summed E-state index contributed by atoms with van der Waals surface area (Å²) in [7, 11) is 1.83. The maximum Gasteiger partial charge on any atom is 0.0979 e. The second-order valence-corrected chi connectivity index (χ2v) is 5.54. The molecular weight excluding hydrogens is 178 g/mol. The number of hydrogen-bond acceptors (Lipinski definition) is 3. The van der Waals surface area contributed by atoms with Crippen molar-refractivity contribution < 1.29 is 9.47 Å². The highest BCUT2D eigenvalue weighted by molar-refractivity contribution is 5.07. The lowest BCUT2D eigenvalue weighted by molar-refractivity contribution is -0.220. The van der Waals surface area contributed by atoms with E-state index >= 15 is 0 Å². The summed E-state index contributed by atoms with van der Waals surface area (Å²) >= 11 is 0. The van der Waals surface area contributed by atoms with Gasteiger partial charge in [0.2, 0.25) is 0 Å². The largest absolute Gasteiger partial charge is 0.378 e. The Hall–Kier alpha value is -0.120. The van der Waals surface area contributed by atoms with E-state index in [0.717, 1.165) is 26.3 Å². The lowest BCUT2D eigenvalue weighted by atomic mass is 9.70. The molecule has 2 saturated heterocycles. The van der Waals surface area contributed by atoms with Crippen LogP contribution in [0.3, 0.4) is 0 Å². The smallest absolute Gasteiger partial charge is 0.0979 e. The normalized spacial score (nSPS) is 28.3. The summed E-state index contributed by atoms with van der Waals surface area (Å²) in [6.07, 6.45) is 0. The molecule has 0 aliphatic carbocycles. The van der Waals surface area contributed by atoms with E-state index in [1.54, 1.807) is 0 Å². The molecule has 0 aromatic carbocycles. The van der Waals surface area contributed by atoms with Crippen LogP contribution in [0.1, 0.15) is 20.8 Å². The molecule has 2 heterocycles. The van der Waals surface area contributed by atoms with Crippen molar-refractivity contribution in [1.82, 2.24) is 4.90 Å². The first-order valence-corrected chi connectivity index (χ1v) is 5.35. The van der Waals surface area contributed by atoms with Crippen LogP contribution in [-0.2, 0) is 9.47 Å². The number of rotatable bonds is 2. The molecule has 0 bridgehead atoms. The van der Waals surface area contributed by atoms with Gasteiger partial charge >= 0.3 is 0 Å². The van der Waals surface area contributed by atoms with E-state index < -0.39 is 0 Å². The first-order chi connectivity index (χ1) is 6.48. The monoisotopic (exact) mass is 199 g/mol. The van der Waals surface area contributed by atoms with Crippen LogP contribution in [0.4, 0.5) is 0 Å². The fraction of sp³-hybridized carbons (Fsp3) is 1.00. The van der Waals surface area contributed by atoms with E-state index in [-0.39, 0.29) is 11.0 Å². The summed E-state index contributed by atoms with van der Waals surface area (Å²) < 4.78 is 10.9. The van der Waals surface area contributed by atoms with Crippen molar-refractivity contribution in [3.63, 3.8) is 0 Å². The molecule has 0 aromatic heterocycles. The van der Waals surface area contributed by atoms with Crippen molar-refractivity contribution in [2.75, 3.05) is 33.4 Å². The minimum atomic E-state index is 0.0581. The minimum Gasteiger partial charge on any atom is -0.378 e. The Morgan fingerprint density at radius 1 is 1.29 bits per heavy atom. The fourth-order valence-corrected chi connectivity index (χ4v) is 2.21. The maximum absolute atomic E-state index is 5.70. The molecule has 14 heavy (non-hydrogen) atoms. The molecule has 0 unspecified atom stereocenters. The molecule has 0 atom stereocenters. The van der Waals surface area contributed by atoms with Gasteiger partial charge in [-0.3, -0.25) is 4.90 Å². The van der Waals surface area contributed by atoms with Crippen LogP contribution in [0, 0.1) is 5.41 Å². The van der Waals surface area contributed by atoms with Crippen LogP contribution in [0.5, 0.6) is 0 Å². The third-order valence-electron chi connectivity index (χ3n) is 3.81. The van der Waals surface area contributed by atoms with Gasteiger partial charge in [0.25, 0.3) is 0 Å². The van der Waals surface area contributed by atoms with Gasteiger partial charge in [0, 0.05) is 20.2 Å². The van der Waals surface area contributed by atoms with E-state index in [1.807, 2.05) is 7.11 Å². The molecular formula is C11H21NO2. The predicted octanol–water partition coefficient (Wildman–Crippen LogP) is 1.13. The Morgan fingerprint density at radius 3 is 2.14 bits per heavy atom. The van der Waals surface area contributed by atoms with Gasteiger partial charge in [-0.2, -0.15) is 0 Å². The highest BCUT2D eigenvalue weighted by Gasteiger charge is 2.54. The molecule has 2 rings (SSSR count). The Kier molecular flexibility index (Phi) is 2.37. The summed E-state index contributed by atoms with van der Waals surface area (Å²) in [5, 5.41) is 0. The zero-order valence-corrected chi connectivity index (χ0v) is 9.67. The van der Waals surface area contributed by atoms with Crippen molar-refractivity contribution >= 4 is 0 Å². The number of nitrogens with zero attached hydrogens (tertiary/aromatic N) is 1. The molecule has 2 aliphatic heterocycles. The Morgan fingerprint density at radius 2 is 1.86 bits per heavy atom. The van der Waals surface area contributed by atoms with E-state index in [2.05, 4.69) is 25.7 Å². The number of methoxy groups -OCH3 is 1. The molecule has 0 saturated carbocycles. The number of ether oxygens (including phenoxy) is 2. The van der Waals surface area contributed by atoms with E-state index in [9.17, 15) is 0 Å². The van der Waals surface area contributed by atoms with Gasteiger partial charge in [-0.25, -0.2) is 0 Å². The molecule has 3 heteroatoms. The Balaban J connectivity index is 1.93. The van der Waals surface area contributed by atoms with E-state index in [4.69, 9.17) is 9.47 Å². The van der Waals surface area contributed by atoms with Crippen molar-refractivity contribution in [1.29, 1.82) is 0 Å². The van der Waals surface area contributed by atoms with Crippen LogP contribution >= 0.6 is 0 Å². The standard InChI is InChI=1S/C11H21NO2/c1-10(2,3)11(13-4)7-12(8-11)9-5-14-6-9/h9H,5-8H2,1-4H3. The van der Waals surface area contributed by atoms with Crippen molar-refractivity contribution in [2.45, 2.75) is 32.4 Å². The van der Waals surface area contributed by atoms with Crippen LogP contribution in [-0.4, -0.2) is 50.0 Å². The molecule has 0 spiro atoms. The van der Waals surface area contributed by atoms with Crippen molar-refractivity contribution in [3.8, 4) is 0 Å². The fourth-order valence-electron chi connectivity index (χ4n) is 2.21. The SMILES string of the molecule is COC1(C(C)(C)C)CN(C2COC2)C1. The van der Waals surface area contributed by atoms with Crippen LogP contribution < -0.4 is 0 Å². The first-order valence-electron chi connectivity index (χ1n) is 5.35. The molecule has 0 radical (unpaired) electrons. The summed E-state index contributed by atoms with van der Waals surface area (Å²) in [5.41, 5.74) is 0.283. The van der Waals surface area contributed by atoms with E-state index in [0.29, 0.717) is 6.04 Å². The van der Waals surface area contributed by atoms with Gasteiger partial charge in [0.15, 0.2) is 0 Å². The maximum atomic E-state index is 5.70. The molecule has 0 N–H and O–H groups in total. The first kappa shape index (κ1) is 10.4. The zero-order chi connectivity index (χ0) is 10.4. The highest BCUT2D eigenvalue weighted by Crippen LogP contribution is 2.42. The average Bonchev–Trinajstić information content (AvgIpc) is 1.88. The van der Waals surface area contributed by atoms with Gasteiger partial charge in [0.05, 0.1) is 24.9 Å². The average molecular weight is 199 g/mol. The van der Waals surface area contributed by atoms with Crippen LogP contribution in [0.15, 0.2) is 0 Å². The quantitative estimate of drug-likeness (QED) is 0.665. The van der Waals surface area contributed by atoms with Crippen LogP contribution in [0.2, 0.25) is 0 Å². The molecule has 2 aliphatic rings. The summed E-state index contributed by atoms with van der Waals surface area (Å²) in [6, 6.07) is 0.653. The summed E-state index contributed by atoms with van der Waals surface area (Å²) in [5.74, 6) is 0. The third-order valence-corrected chi connectivity index (χ3v) is 3.81. The molecule has 82 valence electrons. The molecule has 2 fully saturated rings. The molecule has 3 nitrogen and oxygen atoms in total. The van der Waals surface area contributed by atoms with Gasteiger partial charge in [-0.15, -0.1) is 0 Å². The van der Waals surface area contributed by atoms with E-state index in [1.165, 1.54) is 0 Å². The van der Waals surface area contributed by atoms with Gasteiger partial charge < -0.3 is 9.47 Å². The zero-order valence-electron chi connectivity index (χ0n) is 9.67. The highest BCUT2D eigenvalue weighted by atomic mass is 16.5. The second kappa shape index (κ2) is 3.19.